The Morgan fingerprint density at radius 2 is 1.18 bits per heavy atom. The fourth-order valence-electron chi connectivity index (χ4n) is 4.54. The molecule has 33 heavy (non-hydrogen) atoms. The van der Waals surface area contributed by atoms with Gasteiger partial charge in [0.2, 0.25) is 0 Å². The van der Waals surface area contributed by atoms with Crippen molar-refractivity contribution in [3.05, 3.63) is 121 Å². The minimum absolute atomic E-state index is 0.102. The standard InChI is InChI=1S/C28H26BrN2OP/c1-22(28(32)27(30)21-23-17-19-31-20-18-23)33(29,24-11-5-2-6-12-24,25-13-7-3-8-14-25)26-15-9-4-10-16-26/h2-20,22,30H,21H2,1H3. The molecule has 3 nitrogen and oxygen atoms in total. The van der Waals surface area contributed by atoms with Crippen LogP contribution in [-0.4, -0.2) is 22.1 Å². The molecule has 4 aromatic rings. The van der Waals surface area contributed by atoms with Crippen LogP contribution in [0, 0.1) is 5.41 Å². The van der Waals surface area contributed by atoms with Gasteiger partial charge in [0.15, 0.2) is 0 Å². The summed E-state index contributed by atoms with van der Waals surface area (Å²) in [7, 11) is 0. The van der Waals surface area contributed by atoms with E-state index in [1.807, 2.05) is 73.7 Å². The molecule has 0 saturated carbocycles. The van der Waals surface area contributed by atoms with Gasteiger partial charge in [0.05, 0.1) is 0 Å². The Morgan fingerprint density at radius 3 is 1.58 bits per heavy atom. The van der Waals surface area contributed by atoms with Crippen molar-refractivity contribution in [1.29, 1.82) is 5.41 Å². The molecule has 0 bridgehead atoms. The molecule has 0 radical (unpaired) electrons. The van der Waals surface area contributed by atoms with Crippen LogP contribution in [-0.2, 0) is 11.2 Å². The van der Waals surface area contributed by atoms with Crippen LogP contribution in [0.4, 0.5) is 0 Å². The van der Waals surface area contributed by atoms with E-state index in [2.05, 4.69) is 56.9 Å². The fraction of sp³-hybridized carbons (Fsp3) is 0.107. The third-order valence-corrected chi connectivity index (χ3v) is 17.5. The number of ketones is 1. The first-order chi connectivity index (χ1) is 16.0. The van der Waals surface area contributed by atoms with E-state index < -0.39 is 11.0 Å². The summed E-state index contributed by atoms with van der Waals surface area (Å²) >= 11 is 4.34. The molecule has 0 aliphatic rings. The second kappa shape index (κ2) is 9.51. The van der Waals surface area contributed by atoms with Crippen LogP contribution in [0.1, 0.15) is 12.5 Å². The molecule has 0 aliphatic heterocycles. The first-order valence-electron chi connectivity index (χ1n) is 10.9. The topological polar surface area (TPSA) is 53.8 Å². The van der Waals surface area contributed by atoms with Gasteiger partial charge < -0.3 is 0 Å². The molecule has 0 fully saturated rings. The number of aromatic nitrogens is 1. The molecule has 166 valence electrons. The molecule has 0 spiro atoms. The van der Waals surface area contributed by atoms with E-state index in [1.165, 1.54) is 0 Å². The van der Waals surface area contributed by atoms with Gasteiger partial charge >= 0.3 is 203 Å². The van der Waals surface area contributed by atoms with Crippen LogP contribution in [0.2, 0.25) is 0 Å². The van der Waals surface area contributed by atoms with E-state index in [-0.39, 0.29) is 17.9 Å². The first kappa shape index (κ1) is 23.2. The second-order valence-corrected chi connectivity index (χ2v) is 17.0. The van der Waals surface area contributed by atoms with Gasteiger partial charge in [0, 0.05) is 0 Å². The Kier molecular flexibility index (Phi) is 6.69. The summed E-state index contributed by atoms with van der Waals surface area (Å²) in [5.74, 6) is -0.155. The van der Waals surface area contributed by atoms with Gasteiger partial charge in [-0.3, -0.25) is 0 Å². The third kappa shape index (κ3) is 3.99. The predicted molar refractivity (Wildman–Crippen MR) is 144 cm³/mol. The number of rotatable bonds is 8. The van der Waals surface area contributed by atoms with E-state index in [0.717, 1.165) is 21.5 Å². The summed E-state index contributed by atoms with van der Waals surface area (Å²) in [5.41, 5.74) is 0.520. The zero-order valence-corrected chi connectivity index (χ0v) is 20.9. The van der Waals surface area contributed by atoms with Crippen LogP contribution >= 0.6 is 20.8 Å². The van der Waals surface area contributed by atoms with Gasteiger partial charge in [0.25, 0.3) is 0 Å². The van der Waals surface area contributed by atoms with E-state index in [1.54, 1.807) is 12.4 Å². The Labute approximate surface area is 203 Å². The number of Topliss-reactive ketones (excluding diaryl/α,β-unsaturated/α-hetero) is 1. The maximum absolute atomic E-state index is 14.0. The average Bonchev–Trinajstić information content (AvgIpc) is 2.89. The van der Waals surface area contributed by atoms with Gasteiger partial charge in [-0.25, -0.2) is 0 Å². The van der Waals surface area contributed by atoms with Crippen molar-refractivity contribution < 1.29 is 4.79 Å². The number of nitrogens with zero attached hydrogens (tertiary/aromatic N) is 1. The molecule has 1 atom stereocenters. The van der Waals surface area contributed by atoms with Crippen molar-refractivity contribution in [1.82, 2.24) is 4.98 Å². The Morgan fingerprint density at radius 1 is 0.788 bits per heavy atom. The van der Waals surface area contributed by atoms with Crippen LogP contribution in [0.3, 0.4) is 0 Å². The van der Waals surface area contributed by atoms with E-state index in [0.29, 0.717) is 0 Å². The molecule has 5 heteroatoms. The molecule has 1 heterocycles. The van der Waals surface area contributed by atoms with Crippen molar-refractivity contribution in [2.75, 3.05) is 0 Å². The monoisotopic (exact) mass is 516 g/mol. The number of pyridine rings is 1. The normalized spacial score (nSPS) is 13.5. The van der Waals surface area contributed by atoms with Gasteiger partial charge in [-0.1, -0.05) is 0 Å². The van der Waals surface area contributed by atoms with Crippen LogP contribution in [0.5, 0.6) is 0 Å². The first-order valence-corrected chi connectivity index (χ1v) is 15.2. The molecule has 3 aromatic carbocycles. The van der Waals surface area contributed by atoms with Crippen molar-refractivity contribution >= 4 is 48.2 Å². The second-order valence-electron chi connectivity index (χ2n) is 8.13. The van der Waals surface area contributed by atoms with Crippen molar-refractivity contribution in [3.8, 4) is 0 Å². The van der Waals surface area contributed by atoms with E-state index >= 15 is 0 Å². The summed E-state index contributed by atoms with van der Waals surface area (Å²) in [6.07, 6.45) is 3.67. The summed E-state index contributed by atoms with van der Waals surface area (Å²) < 4.78 is 0. The summed E-state index contributed by atoms with van der Waals surface area (Å²) in [4.78, 5) is 18.0. The molecular formula is C28H26BrN2OP. The predicted octanol–water partition coefficient (Wildman–Crippen LogP) is 5.44. The summed E-state index contributed by atoms with van der Waals surface area (Å²) in [5, 5.41) is 8.47. The van der Waals surface area contributed by atoms with Crippen LogP contribution < -0.4 is 15.9 Å². The quantitative estimate of drug-likeness (QED) is 0.250. The summed E-state index contributed by atoms with van der Waals surface area (Å²) in [6, 6.07) is 34.4. The number of benzene rings is 3. The molecule has 1 unspecified atom stereocenters. The number of hydrogen-bond acceptors (Lipinski definition) is 3. The van der Waals surface area contributed by atoms with Crippen molar-refractivity contribution in [2.45, 2.75) is 19.0 Å². The van der Waals surface area contributed by atoms with Gasteiger partial charge in [-0.2, -0.15) is 0 Å². The maximum atomic E-state index is 14.0. The molecule has 0 aliphatic carbocycles. The minimum atomic E-state index is -3.48. The third-order valence-electron chi connectivity index (χ3n) is 6.32. The van der Waals surface area contributed by atoms with Crippen molar-refractivity contribution in [2.24, 2.45) is 0 Å². The molecule has 0 saturated heterocycles. The number of hydrogen-bond donors (Lipinski definition) is 1. The number of halogens is 1. The molecule has 4 rings (SSSR count). The van der Waals surface area contributed by atoms with Crippen molar-refractivity contribution in [3.63, 3.8) is 0 Å². The Bertz CT molecular complexity index is 1150. The number of carbonyl (C=O) groups is 1. The van der Waals surface area contributed by atoms with Crippen LogP contribution in [0.25, 0.3) is 0 Å². The van der Waals surface area contributed by atoms with Gasteiger partial charge in [0.1, 0.15) is 0 Å². The zero-order valence-electron chi connectivity index (χ0n) is 18.4. The molecule has 1 N–H and O–H groups in total. The van der Waals surface area contributed by atoms with Gasteiger partial charge in [-0.05, 0) is 0 Å². The van der Waals surface area contributed by atoms with E-state index in [9.17, 15) is 4.79 Å². The van der Waals surface area contributed by atoms with E-state index in [4.69, 9.17) is 5.41 Å². The Balaban J connectivity index is 1.94. The molecular weight excluding hydrogens is 491 g/mol. The molecule has 1 aromatic heterocycles. The Hall–Kier alpha value is -2.94. The number of nitrogens with one attached hydrogen (secondary N) is 1. The zero-order chi connectivity index (χ0) is 23.3. The molecule has 0 amide bonds. The average molecular weight is 517 g/mol. The van der Waals surface area contributed by atoms with Gasteiger partial charge in [-0.15, -0.1) is 0 Å². The summed E-state index contributed by atoms with van der Waals surface area (Å²) in [6.45, 7) is 1.98. The number of carbonyl (C=O) groups excluding carboxylic acids is 1. The SMILES string of the molecule is CC(C(=O)C(=N)Cc1ccncc1)P(Br)(c1ccccc1)(c1ccccc1)c1ccccc1. The van der Waals surface area contributed by atoms with Crippen LogP contribution in [0.15, 0.2) is 116 Å². The fourth-order valence-corrected chi connectivity index (χ4v) is 12.3.